The number of amides is 2. The van der Waals surface area contributed by atoms with Gasteiger partial charge in [-0.15, -0.1) is 0 Å². The number of pyridine rings is 1. The molecule has 0 radical (unpaired) electrons. The molecule has 0 bridgehead atoms. The lowest BCUT2D eigenvalue weighted by molar-refractivity contribution is -0.137. The van der Waals surface area contributed by atoms with Crippen LogP contribution in [0.15, 0.2) is 77.6 Å². The van der Waals surface area contributed by atoms with Gasteiger partial charge in [-0.25, -0.2) is 19.2 Å². The van der Waals surface area contributed by atoms with E-state index in [-0.39, 0.29) is 6.03 Å². The number of nitrogens with zero attached hydrogens (tertiary/aromatic N) is 4. The molecule has 0 atom stereocenters. The number of carbonyl (C=O) groups is 1. The van der Waals surface area contributed by atoms with Crippen LogP contribution < -0.4 is 10.0 Å². The van der Waals surface area contributed by atoms with Crippen molar-refractivity contribution in [3.05, 3.63) is 95.4 Å². The summed E-state index contributed by atoms with van der Waals surface area (Å²) >= 11 is 0.913. The van der Waals surface area contributed by atoms with Crippen molar-refractivity contribution in [2.45, 2.75) is 20.0 Å². The van der Waals surface area contributed by atoms with E-state index in [0.717, 1.165) is 63.1 Å². The molecule has 5 rings (SSSR count). The van der Waals surface area contributed by atoms with Gasteiger partial charge in [-0.1, -0.05) is 36.4 Å². The molecule has 0 spiro atoms. The molecule has 5 aromatic rings. The maximum atomic E-state index is 12.9. The Bertz CT molecular complexity index is 1660. The maximum absolute atomic E-state index is 12.9. The van der Waals surface area contributed by atoms with Crippen LogP contribution in [0.5, 0.6) is 0 Å². The van der Waals surface area contributed by atoms with Crippen LogP contribution in [0.3, 0.4) is 0 Å². The summed E-state index contributed by atoms with van der Waals surface area (Å²) in [4.78, 5) is 20.7. The zero-order valence-corrected chi connectivity index (χ0v) is 21.1. The molecule has 2 amide bonds. The third kappa shape index (κ3) is 5.18. The number of urea groups is 1. The lowest BCUT2D eigenvalue weighted by atomic mass is 10.1. The summed E-state index contributed by atoms with van der Waals surface area (Å²) in [5, 5.41) is 4.63. The fraction of sp³-hybridized carbons (Fsp3) is 0.111. The van der Waals surface area contributed by atoms with Crippen LogP contribution in [0.1, 0.15) is 22.3 Å². The smallest absolute Gasteiger partial charge is 0.307 e. The molecule has 0 fully saturated rings. The standard InChI is InChI=1S/C27H21F3N6OS/c1-16-4-3-5-17(2)24(16)34-26(37)35-38-33-13-18-6-9-21-19(12-18)7-10-22-25(21)32-15-36(22)23-11-8-20(14-31-23)27(28,29)30/h3-15H,1-2H3,(H2,34,35,37). The molecule has 11 heteroatoms. The summed E-state index contributed by atoms with van der Waals surface area (Å²) in [6, 6.07) is 17.2. The highest BCUT2D eigenvalue weighted by Crippen LogP contribution is 2.30. The fourth-order valence-electron chi connectivity index (χ4n) is 4.09. The molecule has 0 aliphatic heterocycles. The monoisotopic (exact) mass is 534 g/mol. The number of imidazole rings is 1. The molecule has 7 nitrogen and oxygen atoms in total. The van der Waals surface area contributed by atoms with Crippen LogP contribution in [0, 0.1) is 13.8 Å². The zero-order valence-electron chi connectivity index (χ0n) is 20.2. The summed E-state index contributed by atoms with van der Waals surface area (Å²) in [6.07, 6.45) is -0.450. The molecule has 0 unspecified atom stereocenters. The first-order chi connectivity index (χ1) is 18.2. The van der Waals surface area contributed by atoms with E-state index in [0.29, 0.717) is 11.3 Å². The number of benzene rings is 3. The quantitative estimate of drug-likeness (QED) is 0.188. The molecule has 0 saturated heterocycles. The van der Waals surface area contributed by atoms with Crippen molar-refractivity contribution < 1.29 is 18.0 Å². The van der Waals surface area contributed by atoms with E-state index < -0.39 is 11.7 Å². The number of rotatable bonds is 5. The summed E-state index contributed by atoms with van der Waals surface area (Å²) in [5.74, 6) is 0.342. The van der Waals surface area contributed by atoms with E-state index in [1.165, 1.54) is 6.07 Å². The van der Waals surface area contributed by atoms with E-state index in [2.05, 4.69) is 24.4 Å². The molecule has 0 saturated carbocycles. The van der Waals surface area contributed by atoms with Gasteiger partial charge in [0.25, 0.3) is 0 Å². The number of hydrogen-bond donors (Lipinski definition) is 2. The van der Waals surface area contributed by atoms with E-state index in [1.54, 1.807) is 17.1 Å². The molecule has 0 aliphatic rings. The minimum absolute atomic E-state index is 0.342. The van der Waals surface area contributed by atoms with Gasteiger partial charge in [-0.3, -0.25) is 9.29 Å². The van der Waals surface area contributed by atoms with Crippen LogP contribution in [0.4, 0.5) is 23.7 Å². The van der Waals surface area contributed by atoms with Gasteiger partial charge in [0, 0.05) is 23.5 Å². The summed E-state index contributed by atoms with van der Waals surface area (Å²) < 4.78 is 47.1. The summed E-state index contributed by atoms with van der Waals surface area (Å²) in [6.45, 7) is 3.86. The summed E-state index contributed by atoms with van der Waals surface area (Å²) in [5.41, 5.74) is 4.16. The first-order valence-electron chi connectivity index (χ1n) is 11.5. The highest BCUT2D eigenvalue weighted by Gasteiger charge is 2.30. The number of alkyl halides is 3. The molecule has 2 aromatic heterocycles. The third-order valence-electron chi connectivity index (χ3n) is 5.99. The lowest BCUT2D eigenvalue weighted by Gasteiger charge is -2.10. The van der Waals surface area contributed by atoms with E-state index in [4.69, 9.17) is 0 Å². The van der Waals surface area contributed by atoms with Crippen molar-refractivity contribution in [1.82, 2.24) is 19.3 Å². The fourth-order valence-corrected chi connectivity index (χ4v) is 4.45. The van der Waals surface area contributed by atoms with Gasteiger partial charge >= 0.3 is 12.2 Å². The molecule has 2 heterocycles. The van der Waals surface area contributed by atoms with Crippen LogP contribution in [0.2, 0.25) is 0 Å². The molecule has 192 valence electrons. The molecular formula is C27H21F3N6OS. The van der Waals surface area contributed by atoms with Crippen molar-refractivity contribution in [2.24, 2.45) is 4.40 Å². The van der Waals surface area contributed by atoms with Crippen molar-refractivity contribution in [1.29, 1.82) is 0 Å². The van der Waals surface area contributed by atoms with Gasteiger partial charge in [0.15, 0.2) is 0 Å². The second kappa shape index (κ2) is 10.2. The van der Waals surface area contributed by atoms with Gasteiger partial charge < -0.3 is 5.32 Å². The van der Waals surface area contributed by atoms with E-state index >= 15 is 0 Å². The van der Waals surface area contributed by atoms with Crippen molar-refractivity contribution in [3.8, 4) is 5.82 Å². The third-order valence-corrected chi connectivity index (χ3v) is 6.48. The van der Waals surface area contributed by atoms with Crippen LogP contribution in [-0.4, -0.2) is 26.8 Å². The number of anilines is 1. The van der Waals surface area contributed by atoms with Gasteiger partial charge in [0.2, 0.25) is 0 Å². The Kier molecular flexibility index (Phi) is 6.77. The number of halogens is 3. The van der Waals surface area contributed by atoms with Gasteiger partial charge in [0.05, 0.1) is 28.7 Å². The number of nitrogens with one attached hydrogen (secondary N) is 2. The minimum Gasteiger partial charge on any atom is -0.307 e. The van der Waals surface area contributed by atoms with Crippen molar-refractivity contribution in [2.75, 3.05) is 5.32 Å². The minimum atomic E-state index is -4.44. The van der Waals surface area contributed by atoms with Gasteiger partial charge in [-0.2, -0.15) is 13.2 Å². The number of fused-ring (bicyclic) bond motifs is 3. The summed E-state index contributed by atoms with van der Waals surface area (Å²) in [7, 11) is 0. The highest BCUT2D eigenvalue weighted by atomic mass is 32.2. The number of hydrogen-bond acceptors (Lipinski definition) is 5. The zero-order chi connectivity index (χ0) is 26.9. The molecular weight excluding hydrogens is 513 g/mol. The van der Waals surface area contributed by atoms with Gasteiger partial charge in [0.1, 0.15) is 12.1 Å². The average Bonchev–Trinajstić information content (AvgIpc) is 3.33. The normalized spacial score (nSPS) is 11.9. The Labute approximate surface area is 220 Å². The molecule has 38 heavy (non-hydrogen) atoms. The van der Waals surface area contributed by atoms with Crippen LogP contribution in [-0.2, 0) is 6.18 Å². The Morgan fingerprint density at radius 2 is 1.82 bits per heavy atom. The van der Waals surface area contributed by atoms with Crippen LogP contribution >= 0.6 is 12.1 Å². The average molecular weight is 535 g/mol. The maximum Gasteiger partial charge on any atom is 0.417 e. The SMILES string of the molecule is Cc1cccc(C)c1NC(=O)NSN=Cc1ccc2c(ccc3c2ncn3-c2ccc(C(F)(F)F)cn2)c1. The first-order valence-corrected chi connectivity index (χ1v) is 12.2. The Morgan fingerprint density at radius 3 is 2.53 bits per heavy atom. The van der Waals surface area contributed by atoms with Crippen molar-refractivity contribution in [3.63, 3.8) is 0 Å². The predicted octanol–water partition coefficient (Wildman–Crippen LogP) is 7.01. The highest BCUT2D eigenvalue weighted by molar-refractivity contribution is 7.96. The molecule has 2 N–H and O–H groups in total. The van der Waals surface area contributed by atoms with E-state index in [1.807, 2.05) is 62.4 Å². The topological polar surface area (TPSA) is 84.2 Å². The second-order valence-corrected chi connectivity index (χ2v) is 9.18. The predicted molar refractivity (Wildman–Crippen MR) is 145 cm³/mol. The van der Waals surface area contributed by atoms with Crippen LogP contribution in [0.25, 0.3) is 27.6 Å². The van der Waals surface area contributed by atoms with Gasteiger partial charge in [-0.05, 0) is 60.2 Å². The van der Waals surface area contributed by atoms with E-state index in [9.17, 15) is 18.0 Å². The number of aryl methyl sites for hydroxylation is 2. The second-order valence-electron chi connectivity index (χ2n) is 8.58. The molecule has 0 aliphatic carbocycles. The first kappa shape index (κ1) is 25.3. The number of aromatic nitrogens is 3. The molecule has 3 aromatic carbocycles. The lowest BCUT2D eigenvalue weighted by Crippen LogP contribution is -2.23. The number of carbonyl (C=O) groups excluding carboxylic acids is 1. The van der Waals surface area contributed by atoms with Crippen molar-refractivity contribution >= 4 is 51.9 Å². The Balaban J connectivity index is 1.29. The Hall–Kier alpha value is -4.38. The Morgan fingerprint density at radius 1 is 1.03 bits per heavy atom. The largest absolute Gasteiger partial charge is 0.417 e. The number of para-hydroxylation sites is 1.